The molecule has 1 N–H and O–H groups in total. The summed E-state index contributed by atoms with van der Waals surface area (Å²) < 4.78 is 31.8. The van der Waals surface area contributed by atoms with Crippen LogP contribution < -0.4 is 14.4 Å². The van der Waals surface area contributed by atoms with Crippen LogP contribution in [0.25, 0.3) is 0 Å². The summed E-state index contributed by atoms with van der Waals surface area (Å²) in [6, 6.07) is 12.2. The van der Waals surface area contributed by atoms with Crippen LogP contribution in [0.3, 0.4) is 0 Å². The first-order valence-corrected chi connectivity index (χ1v) is 9.47. The lowest BCUT2D eigenvalue weighted by Gasteiger charge is -2.29. The quantitative estimate of drug-likeness (QED) is 0.907. The average Bonchev–Trinajstić information content (AvgIpc) is 2.66. The standard InChI is InChI=1S/C18H20N2O4S/c1-19-25(22,23)17-12-14(9-10-16(17)24-2)18(21)20-11-5-7-13-6-3-4-8-15(13)20/h3-4,6,8-10,12,19H,5,7,11H2,1-2H3. The number of carbonyl (C=O) groups excluding carboxylic acids is 1. The van der Waals surface area contributed by atoms with Crippen molar-refractivity contribution >= 4 is 21.6 Å². The Kier molecular flexibility index (Phi) is 4.78. The van der Waals surface area contributed by atoms with Gasteiger partial charge in [-0.3, -0.25) is 4.79 Å². The largest absolute Gasteiger partial charge is 0.495 e. The van der Waals surface area contributed by atoms with Gasteiger partial charge in [-0.1, -0.05) is 18.2 Å². The molecule has 25 heavy (non-hydrogen) atoms. The number of hydrogen-bond donors (Lipinski definition) is 1. The SMILES string of the molecule is CNS(=O)(=O)c1cc(C(=O)N2CCCc3ccccc32)ccc1OC. The molecule has 1 amide bonds. The molecule has 0 aliphatic carbocycles. The Labute approximate surface area is 147 Å². The van der Waals surface area contributed by atoms with Crippen LogP contribution >= 0.6 is 0 Å². The zero-order valence-electron chi connectivity index (χ0n) is 14.2. The minimum atomic E-state index is -3.73. The van der Waals surface area contributed by atoms with Gasteiger partial charge in [0.2, 0.25) is 10.0 Å². The first-order chi connectivity index (χ1) is 12.0. The van der Waals surface area contributed by atoms with E-state index in [2.05, 4.69) is 4.72 Å². The highest BCUT2D eigenvalue weighted by Crippen LogP contribution is 2.30. The highest BCUT2D eigenvalue weighted by Gasteiger charge is 2.26. The number of sulfonamides is 1. The third-order valence-corrected chi connectivity index (χ3v) is 5.76. The number of rotatable bonds is 4. The maximum atomic E-state index is 13.0. The molecule has 1 aliphatic heterocycles. The van der Waals surface area contributed by atoms with Gasteiger partial charge in [-0.05, 0) is 49.7 Å². The molecule has 0 saturated carbocycles. The molecule has 0 spiro atoms. The number of amides is 1. The minimum absolute atomic E-state index is 0.0476. The number of carbonyl (C=O) groups is 1. The summed E-state index contributed by atoms with van der Waals surface area (Å²) in [4.78, 5) is 14.7. The number of methoxy groups -OCH3 is 1. The zero-order chi connectivity index (χ0) is 18.0. The fraction of sp³-hybridized carbons (Fsp3) is 0.278. The van der Waals surface area contributed by atoms with E-state index in [1.54, 1.807) is 11.0 Å². The lowest BCUT2D eigenvalue weighted by Crippen LogP contribution is -2.35. The molecule has 3 rings (SSSR count). The number of para-hydroxylation sites is 1. The van der Waals surface area contributed by atoms with E-state index in [1.807, 2.05) is 24.3 Å². The number of aryl methyl sites for hydroxylation is 1. The molecule has 0 unspecified atom stereocenters. The first-order valence-electron chi connectivity index (χ1n) is 7.99. The Bertz CT molecular complexity index is 909. The van der Waals surface area contributed by atoms with Gasteiger partial charge in [-0.25, -0.2) is 13.1 Å². The second-order valence-corrected chi connectivity index (χ2v) is 7.62. The van der Waals surface area contributed by atoms with E-state index in [0.29, 0.717) is 12.1 Å². The van der Waals surface area contributed by atoms with Crippen molar-refractivity contribution in [2.75, 3.05) is 25.6 Å². The van der Waals surface area contributed by atoms with Crippen molar-refractivity contribution in [3.8, 4) is 5.75 Å². The summed E-state index contributed by atoms with van der Waals surface area (Å²) in [5.74, 6) is -0.0210. The normalized spacial score (nSPS) is 14.1. The van der Waals surface area contributed by atoms with Gasteiger partial charge in [-0.2, -0.15) is 0 Å². The topological polar surface area (TPSA) is 75.7 Å². The molecule has 6 nitrogen and oxygen atoms in total. The molecule has 132 valence electrons. The van der Waals surface area contributed by atoms with Gasteiger partial charge >= 0.3 is 0 Å². The van der Waals surface area contributed by atoms with Crippen molar-refractivity contribution in [2.24, 2.45) is 0 Å². The van der Waals surface area contributed by atoms with Gasteiger partial charge in [0.15, 0.2) is 0 Å². The summed E-state index contributed by atoms with van der Waals surface area (Å²) in [6.07, 6.45) is 1.81. The lowest BCUT2D eigenvalue weighted by molar-refractivity contribution is 0.0985. The maximum absolute atomic E-state index is 13.0. The summed E-state index contributed by atoms with van der Waals surface area (Å²) in [5, 5.41) is 0. The molecule has 1 aliphatic rings. The summed E-state index contributed by atoms with van der Waals surface area (Å²) in [7, 11) is -1.02. The average molecular weight is 360 g/mol. The van der Waals surface area contributed by atoms with Crippen LogP contribution in [0.15, 0.2) is 47.4 Å². The molecule has 7 heteroatoms. The Morgan fingerprint density at radius 1 is 1.20 bits per heavy atom. The Morgan fingerprint density at radius 2 is 1.96 bits per heavy atom. The predicted octanol–water partition coefficient (Wildman–Crippen LogP) is 2.20. The number of hydrogen-bond acceptors (Lipinski definition) is 4. The smallest absolute Gasteiger partial charge is 0.258 e. The molecule has 0 fully saturated rings. The van der Waals surface area contributed by atoms with E-state index in [0.717, 1.165) is 24.1 Å². The van der Waals surface area contributed by atoms with E-state index >= 15 is 0 Å². The fourth-order valence-electron chi connectivity index (χ4n) is 3.03. The third-order valence-electron chi connectivity index (χ3n) is 4.32. The zero-order valence-corrected chi connectivity index (χ0v) is 15.0. The number of fused-ring (bicyclic) bond motifs is 1. The van der Waals surface area contributed by atoms with Crippen LogP contribution in [0.1, 0.15) is 22.3 Å². The molecule has 2 aromatic carbocycles. The predicted molar refractivity (Wildman–Crippen MR) is 95.7 cm³/mol. The molecule has 0 bridgehead atoms. The van der Waals surface area contributed by atoms with Gasteiger partial charge in [0.05, 0.1) is 7.11 Å². The van der Waals surface area contributed by atoms with Crippen LogP contribution in [-0.4, -0.2) is 35.0 Å². The van der Waals surface area contributed by atoms with Crippen LogP contribution in [0.2, 0.25) is 0 Å². The number of anilines is 1. The van der Waals surface area contributed by atoms with Crippen molar-refractivity contribution in [1.82, 2.24) is 4.72 Å². The van der Waals surface area contributed by atoms with E-state index in [4.69, 9.17) is 4.74 Å². The molecule has 1 heterocycles. The highest BCUT2D eigenvalue weighted by atomic mass is 32.2. The summed E-state index contributed by atoms with van der Waals surface area (Å²) >= 11 is 0. The summed E-state index contributed by atoms with van der Waals surface area (Å²) in [5.41, 5.74) is 2.32. The van der Waals surface area contributed by atoms with E-state index in [1.165, 1.54) is 26.3 Å². The first kappa shape index (κ1) is 17.4. The molecule has 0 aromatic heterocycles. The monoisotopic (exact) mass is 360 g/mol. The Hall–Kier alpha value is -2.38. The van der Waals surface area contributed by atoms with E-state index < -0.39 is 10.0 Å². The van der Waals surface area contributed by atoms with Gasteiger partial charge in [0.25, 0.3) is 5.91 Å². The molecular formula is C18H20N2O4S. The third kappa shape index (κ3) is 3.25. The van der Waals surface area contributed by atoms with Crippen LogP contribution in [0.5, 0.6) is 5.75 Å². The number of nitrogens with zero attached hydrogens (tertiary/aromatic N) is 1. The van der Waals surface area contributed by atoms with Gasteiger partial charge in [0.1, 0.15) is 10.6 Å². The van der Waals surface area contributed by atoms with E-state index in [-0.39, 0.29) is 16.6 Å². The number of ether oxygens (including phenoxy) is 1. The van der Waals surface area contributed by atoms with Gasteiger partial charge < -0.3 is 9.64 Å². The van der Waals surface area contributed by atoms with Crippen molar-refractivity contribution in [3.05, 3.63) is 53.6 Å². The molecule has 0 atom stereocenters. The second kappa shape index (κ2) is 6.85. The second-order valence-electron chi connectivity index (χ2n) is 5.76. The lowest BCUT2D eigenvalue weighted by atomic mass is 10.0. The molecule has 2 aromatic rings. The summed E-state index contributed by atoms with van der Waals surface area (Å²) in [6.45, 7) is 0.607. The maximum Gasteiger partial charge on any atom is 0.258 e. The van der Waals surface area contributed by atoms with Crippen molar-refractivity contribution in [3.63, 3.8) is 0 Å². The van der Waals surface area contributed by atoms with Crippen molar-refractivity contribution < 1.29 is 17.9 Å². The van der Waals surface area contributed by atoms with Crippen molar-refractivity contribution in [2.45, 2.75) is 17.7 Å². The number of nitrogens with one attached hydrogen (secondary N) is 1. The molecule has 0 saturated heterocycles. The van der Waals surface area contributed by atoms with E-state index in [9.17, 15) is 13.2 Å². The van der Waals surface area contributed by atoms with Crippen molar-refractivity contribution in [1.29, 1.82) is 0 Å². The minimum Gasteiger partial charge on any atom is -0.495 e. The van der Waals surface area contributed by atoms with Crippen LogP contribution in [0, 0.1) is 0 Å². The number of benzene rings is 2. The highest BCUT2D eigenvalue weighted by molar-refractivity contribution is 7.89. The molecular weight excluding hydrogens is 340 g/mol. The van der Waals surface area contributed by atoms with Gasteiger partial charge in [-0.15, -0.1) is 0 Å². The van der Waals surface area contributed by atoms with Crippen LogP contribution in [-0.2, 0) is 16.4 Å². The molecule has 0 radical (unpaired) electrons. The van der Waals surface area contributed by atoms with Crippen LogP contribution in [0.4, 0.5) is 5.69 Å². The van der Waals surface area contributed by atoms with Gasteiger partial charge in [0, 0.05) is 17.8 Å². The fourth-order valence-corrected chi connectivity index (χ4v) is 3.95. The Balaban J connectivity index is 2.03. The Morgan fingerprint density at radius 3 is 2.68 bits per heavy atom.